The number of halogens is 1. The maximum Gasteiger partial charge on any atom is 0.358 e. The number of benzene rings is 1. The molecule has 5 heteroatoms. The van der Waals surface area contributed by atoms with Crippen LogP contribution in [0.2, 0.25) is 0 Å². The van der Waals surface area contributed by atoms with E-state index in [-0.39, 0.29) is 0 Å². The van der Waals surface area contributed by atoms with Gasteiger partial charge in [0.05, 0.1) is 13.7 Å². The van der Waals surface area contributed by atoms with Gasteiger partial charge in [-0.15, -0.1) is 0 Å². The molecule has 2 aromatic rings. The topological polar surface area (TPSA) is 51.3 Å². The lowest BCUT2D eigenvalue weighted by molar-refractivity contribution is 0.0517. The third kappa shape index (κ3) is 2.15. The predicted octanol–water partition coefficient (Wildman–Crippen LogP) is 3.12. The standard InChI is InChI=1S/C12H12BrNO3/c1-3-17-12(15)10-11(16-2)8-6-7(13)4-5-9(8)14-10/h4-6,14H,3H2,1-2H3. The van der Waals surface area contributed by atoms with Crippen molar-refractivity contribution in [2.45, 2.75) is 6.92 Å². The molecule has 0 aliphatic carbocycles. The zero-order chi connectivity index (χ0) is 12.4. The molecule has 0 spiro atoms. The maximum absolute atomic E-state index is 11.7. The van der Waals surface area contributed by atoms with Crippen LogP contribution in [-0.4, -0.2) is 24.7 Å². The van der Waals surface area contributed by atoms with Gasteiger partial charge in [-0.05, 0) is 25.1 Å². The first-order chi connectivity index (χ1) is 8.17. The van der Waals surface area contributed by atoms with Gasteiger partial charge < -0.3 is 14.5 Å². The van der Waals surface area contributed by atoms with Crippen molar-refractivity contribution in [3.05, 3.63) is 28.4 Å². The van der Waals surface area contributed by atoms with E-state index >= 15 is 0 Å². The molecule has 2 rings (SSSR count). The fourth-order valence-electron chi connectivity index (χ4n) is 1.70. The number of H-pyrrole nitrogens is 1. The number of methoxy groups -OCH3 is 1. The van der Waals surface area contributed by atoms with Crippen LogP contribution >= 0.6 is 15.9 Å². The van der Waals surface area contributed by atoms with Crippen molar-refractivity contribution in [3.63, 3.8) is 0 Å². The third-order valence-electron chi connectivity index (χ3n) is 2.40. The van der Waals surface area contributed by atoms with E-state index in [1.54, 1.807) is 6.92 Å². The molecule has 0 aliphatic rings. The SMILES string of the molecule is CCOC(=O)c1[nH]c2ccc(Br)cc2c1OC. The van der Waals surface area contributed by atoms with Crippen LogP contribution in [0.5, 0.6) is 5.75 Å². The number of nitrogens with one attached hydrogen (secondary N) is 1. The number of carbonyl (C=O) groups excluding carboxylic acids is 1. The maximum atomic E-state index is 11.7. The molecule has 0 unspecified atom stereocenters. The Balaban J connectivity index is 2.60. The normalized spacial score (nSPS) is 10.5. The Hall–Kier alpha value is -1.49. The second-order valence-corrected chi connectivity index (χ2v) is 4.36. The molecule has 0 radical (unpaired) electrons. The van der Waals surface area contributed by atoms with E-state index in [1.165, 1.54) is 7.11 Å². The predicted molar refractivity (Wildman–Crippen MR) is 68.5 cm³/mol. The summed E-state index contributed by atoms with van der Waals surface area (Å²) in [6.45, 7) is 2.10. The van der Waals surface area contributed by atoms with Gasteiger partial charge in [0.25, 0.3) is 0 Å². The minimum absolute atomic E-state index is 0.334. The second kappa shape index (κ2) is 4.79. The highest BCUT2D eigenvalue weighted by atomic mass is 79.9. The molecule has 0 atom stereocenters. The van der Waals surface area contributed by atoms with Crippen LogP contribution in [-0.2, 0) is 4.74 Å². The summed E-state index contributed by atoms with van der Waals surface area (Å²) in [7, 11) is 1.53. The molecule has 90 valence electrons. The first kappa shape index (κ1) is 12.0. The van der Waals surface area contributed by atoms with Crippen LogP contribution in [0.1, 0.15) is 17.4 Å². The van der Waals surface area contributed by atoms with Crippen LogP contribution in [0.15, 0.2) is 22.7 Å². The summed E-state index contributed by atoms with van der Waals surface area (Å²) >= 11 is 3.39. The van der Waals surface area contributed by atoms with Crippen LogP contribution in [0.25, 0.3) is 10.9 Å². The highest BCUT2D eigenvalue weighted by molar-refractivity contribution is 9.10. The van der Waals surface area contributed by atoms with E-state index in [2.05, 4.69) is 20.9 Å². The Morgan fingerprint density at radius 1 is 1.47 bits per heavy atom. The molecule has 1 aromatic carbocycles. The van der Waals surface area contributed by atoms with Crippen LogP contribution in [0.4, 0.5) is 0 Å². The molecule has 0 saturated heterocycles. The summed E-state index contributed by atoms with van der Waals surface area (Å²) in [6, 6.07) is 5.67. The number of aromatic amines is 1. The van der Waals surface area contributed by atoms with Crippen LogP contribution in [0.3, 0.4) is 0 Å². The Morgan fingerprint density at radius 3 is 2.88 bits per heavy atom. The third-order valence-corrected chi connectivity index (χ3v) is 2.89. The zero-order valence-corrected chi connectivity index (χ0v) is 11.1. The number of fused-ring (bicyclic) bond motifs is 1. The summed E-state index contributed by atoms with van der Waals surface area (Å²) in [5, 5.41) is 0.852. The van der Waals surface area contributed by atoms with Crippen molar-refractivity contribution in [1.29, 1.82) is 0 Å². The number of hydrogen-bond donors (Lipinski definition) is 1. The lowest BCUT2D eigenvalue weighted by atomic mass is 10.2. The summed E-state index contributed by atoms with van der Waals surface area (Å²) in [5.41, 5.74) is 1.19. The highest BCUT2D eigenvalue weighted by Crippen LogP contribution is 2.32. The molecule has 0 saturated carbocycles. The molecule has 1 N–H and O–H groups in total. The van der Waals surface area contributed by atoms with Gasteiger partial charge in [-0.25, -0.2) is 4.79 Å². The highest BCUT2D eigenvalue weighted by Gasteiger charge is 2.19. The van der Waals surface area contributed by atoms with Gasteiger partial charge in [-0.2, -0.15) is 0 Å². The van der Waals surface area contributed by atoms with E-state index in [0.29, 0.717) is 18.1 Å². The van der Waals surface area contributed by atoms with Gasteiger partial charge >= 0.3 is 5.97 Å². The first-order valence-electron chi connectivity index (χ1n) is 5.19. The smallest absolute Gasteiger partial charge is 0.358 e. The molecule has 0 fully saturated rings. The molecule has 1 aromatic heterocycles. The zero-order valence-electron chi connectivity index (χ0n) is 9.54. The van der Waals surface area contributed by atoms with Crippen molar-refractivity contribution >= 4 is 32.8 Å². The molecular formula is C12H12BrNO3. The van der Waals surface area contributed by atoms with Crippen molar-refractivity contribution in [1.82, 2.24) is 4.98 Å². The van der Waals surface area contributed by atoms with E-state index in [1.807, 2.05) is 18.2 Å². The number of rotatable bonds is 3. The van der Waals surface area contributed by atoms with Crippen molar-refractivity contribution in [2.75, 3.05) is 13.7 Å². The van der Waals surface area contributed by atoms with Crippen molar-refractivity contribution < 1.29 is 14.3 Å². The summed E-state index contributed by atoms with van der Waals surface area (Å²) in [4.78, 5) is 14.7. The number of hydrogen-bond acceptors (Lipinski definition) is 3. The van der Waals surface area contributed by atoms with E-state index < -0.39 is 5.97 Å². The Bertz CT molecular complexity index is 562. The van der Waals surface area contributed by atoms with Gasteiger partial charge in [-0.1, -0.05) is 15.9 Å². The molecule has 0 aliphatic heterocycles. The fraction of sp³-hybridized carbons (Fsp3) is 0.250. The van der Waals surface area contributed by atoms with Gasteiger partial charge in [0.1, 0.15) is 0 Å². The lowest BCUT2D eigenvalue weighted by Gasteiger charge is -2.02. The van der Waals surface area contributed by atoms with Crippen LogP contribution in [0, 0.1) is 0 Å². The molecule has 1 heterocycles. The Morgan fingerprint density at radius 2 is 2.24 bits per heavy atom. The van der Waals surface area contributed by atoms with Crippen molar-refractivity contribution in [2.24, 2.45) is 0 Å². The van der Waals surface area contributed by atoms with Gasteiger partial charge in [-0.3, -0.25) is 0 Å². The number of ether oxygens (including phenoxy) is 2. The number of carbonyl (C=O) groups is 1. The molecule has 4 nitrogen and oxygen atoms in total. The van der Waals surface area contributed by atoms with E-state index in [4.69, 9.17) is 9.47 Å². The summed E-state index contributed by atoms with van der Waals surface area (Å²) in [5.74, 6) is 0.108. The van der Waals surface area contributed by atoms with Gasteiger partial charge in [0.2, 0.25) is 0 Å². The number of aromatic nitrogens is 1. The monoisotopic (exact) mass is 297 g/mol. The quantitative estimate of drug-likeness (QED) is 0.886. The van der Waals surface area contributed by atoms with Crippen molar-refractivity contribution in [3.8, 4) is 5.75 Å². The molecule has 0 amide bonds. The Labute approximate surface area is 107 Å². The first-order valence-corrected chi connectivity index (χ1v) is 5.99. The van der Waals surface area contributed by atoms with Gasteiger partial charge in [0, 0.05) is 15.4 Å². The molecule has 17 heavy (non-hydrogen) atoms. The average Bonchev–Trinajstić information content (AvgIpc) is 2.67. The van der Waals surface area contributed by atoms with E-state index in [9.17, 15) is 4.79 Å². The average molecular weight is 298 g/mol. The molecular weight excluding hydrogens is 286 g/mol. The minimum atomic E-state index is -0.406. The second-order valence-electron chi connectivity index (χ2n) is 3.44. The number of esters is 1. The summed E-state index contributed by atoms with van der Waals surface area (Å²) in [6.07, 6.45) is 0. The summed E-state index contributed by atoms with van der Waals surface area (Å²) < 4.78 is 11.2. The fourth-order valence-corrected chi connectivity index (χ4v) is 2.06. The van der Waals surface area contributed by atoms with Crippen LogP contribution < -0.4 is 4.74 Å². The largest absolute Gasteiger partial charge is 0.494 e. The Kier molecular flexibility index (Phi) is 3.38. The molecule has 0 bridgehead atoms. The lowest BCUT2D eigenvalue weighted by Crippen LogP contribution is -2.06. The minimum Gasteiger partial charge on any atom is -0.494 e. The van der Waals surface area contributed by atoms with Gasteiger partial charge in [0.15, 0.2) is 11.4 Å². The van der Waals surface area contributed by atoms with E-state index in [0.717, 1.165) is 15.4 Å².